The van der Waals surface area contributed by atoms with Crippen molar-refractivity contribution in [3.05, 3.63) is 12.2 Å². The highest BCUT2D eigenvalue weighted by Gasteiger charge is 2.36. The zero-order valence-electron chi connectivity index (χ0n) is 13.6. The van der Waals surface area contributed by atoms with E-state index in [0.717, 1.165) is 19.4 Å². The van der Waals surface area contributed by atoms with E-state index in [1.807, 2.05) is 13.0 Å². The molecule has 0 saturated heterocycles. The molecule has 0 saturated carbocycles. The van der Waals surface area contributed by atoms with Crippen LogP contribution < -0.4 is 0 Å². The summed E-state index contributed by atoms with van der Waals surface area (Å²) in [4.78, 5) is 10.7. The number of unbranched alkanes of at least 4 members (excludes halogenated alkanes) is 1. The van der Waals surface area contributed by atoms with Gasteiger partial charge in [-0.1, -0.05) is 26.8 Å². The van der Waals surface area contributed by atoms with E-state index < -0.39 is 8.32 Å². The summed E-state index contributed by atoms with van der Waals surface area (Å²) in [7, 11) is -1.60. The van der Waals surface area contributed by atoms with Gasteiger partial charge in [0.2, 0.25) is 0 Å². The van der Waals surface area contributed by atoms with Crippen LogP contribution in [0, 0.1) is 0 Å². The van der Waals surface area contributed by atoms with Gasteiger partial charge in [0.05, 0.1) is 0 Å². The van der Waals surface area contributed by atoms with Crippen LogP contribution in [-0.2, 0) is 14.0 Å². The van der Waals surface area contributed by atoms with Gasteiger partial charge in [0.1, 0.15) is 6.10 Å². The lowest BCUT2D eigenvalue weighted by molar-refractivity contribution is -0.143. The molecule has 19 heavy (non-hydrogen) atoms. The molecule has 3 nitrogen and oxygen atoms in total. The number of esters is 1. The van der Waals surface area contributed by atoms with Gasteiger partial charge in [-0.05, 0) is 44.0 Å². The van der Waals surface area contributed by atoms with Crippen LogP contribution in [0.3, 0.4) is 0 Å². The van der Waals surface area contributed by atoms with E-state index in [1.54, 1.807) is 0 Å². The van der Waals surface area contributed by atoms with E-state index in [2.05, 4.69) is 39.9 Å². The lowest BCUT2D eigenvalue weighted by Crippen LogP contribution is -2.40. The summed E-state index contributed by atoms with van der Waals surface area (Å²) in [5, 5.41) is 0.271. The topological polar surface area (TPSA) is 35.5 Å². The van der Waals surface area contributed by atoms with Crippen molar-refractivity contribution in [2.45, 2.75) is 71.7 Å². The van der Waals surface area contributed by atoms with Gasteiger partial charge in [0.15, 0.2) is 8.32 Å². The standard InChI is InChI=1S/C15H30O3Si/c1-13(18-14(2)16)11-9-8-10-12-17-19(6,7)15(3,4)5/h9,11,13H,8,10,12H2,1-7H3/b11-9+. The van der Waals surface area contributed by atoms with E-state index >= 15 is 0 Å². The first-order chi connectivity index (χ1) is 8.56. The molecule has 0 heterocycles. The van der Waals surface area contributed by atoms with Gasteiger partial charge < -0.3 is 9.16 Å². The van der Waals surface area contributed by atoms with Crippen molar-refractivity contribution >= 4 is 14.3 Å². The molecule has 0 N–H and O–H groups in total. The molecule has 0 aliphatic rings. The molecule has 0 amide bonds. The van der Waals surface area contributed by atoms with Crippen LogP contribution in [0.25, 0.3) is 0 Å². The predicted octanol–water partition coefficient (Wildman–Crippen LogP) is 4.30. The Hall–Kier alpha value is -0.613. The smallest absolute Gasteiger partial charge is 0.303 e. The summed E-state index contributed by atoms with van der Waals surface area (Å²) in [6.07, 6.45) is 5.81. The van der Waals surface area contributed by atoms with Crippen LogP contribution >= 0.6 is 0 Å². The summed E-state index contributed by atoms with van der Waals surface area (Å²) < 4.78 is 11.1. The maximum Gasteiger partial charge on any atom is 0.303 e. The first-order valence-corrected chi connectivity index (χ1v) is 9.95. The third-order valence-corrected chi connectivity index (χ3v) is 8.08. The number of carbonyl (C=O) groups excluding carboxylic acids is 1. The second-order valence-corrected chi connectivity index (χ2v) is 11.3. The van der Waals surface area contributed by atoms with E-state index in [9.17, 15) is 4.79 Å². The van der Waals surface area contributed by atoms with Gasteiger partial charge >= 0.3 is 5.97 Å². The minimum atomic E-state index is -1.60. The molecule has 4 heteroatoms. The third-order valence-electron chi connectivity index (χ3n) is 3.54. The van der Waals surface area contributed by atoms with Gasteiger partial charge in [0, 0.05) is 13.5 Å². The normalized spacial score (nSPS) is 14.7. The average molecular weight is 286 g/mol. The first-order valence-electron chi connectivity index (χ1n) is 7.04. The Balaban J connectivity index is 3.82. The number of allylic oxidation sites excluding steroid dienone is 1. The molecule has 0 aliphatic heterocycles. The van der Waals surface area contributed by atoms with Crippen molar-refractivity contribution in [2.75, 3.05) is 6.61 Å². The Bertz CT molecular complexity index is 303. The van der Waals surface area contributed by atoms with Gasteiger partial charge in [-0.2, -0.15) is 0 Å². The van der Waals surface area contributed by atoms with Crippen molar-refractivity contribution in [1.29, 1.82) is 0 Å². The van der Waals surface area contributed by atoms with Crippen molar-refractivity contribution in [3.8, 4) is 0 Å². The van der Waals surface area contributed by atoms with Gasteiger partial charge in [-0.3, -0.25) is 4.79 Å². The maximum atomic E-state index is 10.7. The Morgan fingerprint density at radius 3 is 2.37 bits per heavy atom. The molecular formula is C15H30O3Si. The van der Waals surface area contributed by atoms with E-state index in [0.29, 0.717) is 0 Å². The molecule has 0 aromatic heterocycles. The monoisotopic (exact) mass is 286 g/mol. The van der Waals surface area contributed by atoms with Gasteiger partial charge in [-0.15, -0.1) is 0 Å². The predicted molar refractivity (Wildman–Crippen MR) is 82.8 cm³/mol. The fourth-order valence-electron chi connectivity index (χ4n) is 1.33. The highest BCUT2D eigenvalue weighted by Crippen LogP contribution is 2.36. The molecule has 0 radical (unpaired) electrons. The van der Waals surface area contributed by atoms with Gasteiger partial charge in [-0.25, -0.2) is 0 Å². The Morgan fingerprint density at radius 2 is 1.89 bits per heavy atom. The molecule has 0 aromatic carbocycles. The second-order valence-electron chi connectivity index (χ2n) is 6.49. The van der Waals surface area contributed by atoms with Gasteiger partial charge in [0.25, 0.3) is 0 Å². The average Bonchev–Trinajstić information content (AvgIpc) is 2.20. The van der Waals surface area contributed by atoms with Crippen molar-refractivity contribution in [3.63, 3.8) is 0 Å². The molecule has 0 fully saturated rings. The summed E-state index contributed by atoms with van der Waals surface area (Å²) in [5.41, 5.74) is 0. The lowest BCUT2D eigenvalue weighted by Gasteiger charge is -2.36. The summed E-state index contributed by atoms with van der Waals surface area (Å²) in [6.45, 7) is 15.4. The van der Waals surface area contributed by atoms with E-state index in [-0.39, 0.29) is 17.1 Å². The Kier molecular flexibility index (Phi) is 7.60. The molecular weight excluding hydrogens is 256 g/mol. The number of rotatable bonds is 7. The molecule has 0 bridgehead atoms. The van der Waals surface area contributed by atoms with Crippen LogP contribution in [0.5, 0.6) is 0 Å². The Labute approximate surface area is 119 Å². The van der Waals surface area contributed by atoms with E-state index in [4.69, 9.17) is 9.16 Å². The number of hydrogen-bond acceptors (Lipinski definition) is 3. The fraction of sp³-hybridized carbons (Fsp3) is 0.800. The van der Waals surface area contributed by atoms with Crippen LogP contribution in [0.15, 0.2) is 12.2 Å². The zero-order chi connectivity index (χ0) is 15.1. The van der Waals surface area contributed by atoms with Crippen LogP contribution in [-0.4, -0.2) is 27.0 Å². The summed E-state index contributed by atoms with van der Waals surface area (Å²) >= 11 is 0. The zero-order valence-corrected chi connectivity index (χ0v) is 14.6. The van der Waals surface area contributed by atoms with Crippen molar-refractivity contribution < 1.29 is 14.0 Å². The van der Waals surface area contributed by atoms with Crippen molar-refractivity contribution in [1.82, 2.24) is 0 Å². The molecule has 0 aliphatic carbocycles. The largest absolute Gasteiger partial charge is 0.459 e. The minimum absolute atomic E-state index is 0.140. The molecule has 1 unspecified atom stereocenters. The number of ether oxygens (including phenoxy) is 1. The van der Waals surface area contributed by atoms with Crippen LogP contribution in [0.4, 0.5) is 0 Å². The number of hydrogen-bond donors (Lipinski definition) is 0. The minimum Gasteiger partial charge on any atom is -0.459 e. The van der Waals surface area contributed by atoms with Crippen LogP contribution in [0.1, 0.15) is 47.5 Å². The lowest BCUT2D eigenvalue weighted by atomic mass is 10.2. The summed E-state index contributed by atoms with van der Waals surface area (Å²) in [6, 6.07) is 0. The quantitative estimate of drug-likeness (QED) is 0.303. The van der Waals surface area contributed by atoms with Crippen LogP contribution in [0.2, 0.25) is 18.1 Å². The van der Waals surface area contributed by atoms with E-state index in [1.165, 1.54) is 6.92 Å². The highest BCUT2D eigenvalue weighted by atomic mass is 28.4. The summed E-state index contributed by atoms with van der Waals surface area (Å²) in [5.74, 6) is -0.238. The second kappa shape index (κ2) is 7.85. The molecule has 112 valence electrons. The third kappa shape index (κ3) is 8.21. The first kappa shape index (κ1) is 18.4. The Morgan fingerprint density at radius 1 is 1.32 bits per heavy atom. The maximum absolute atomic E-state index is 10.7. The molecule has 1 atom stereocenters. The number of carbonyl (C=O) groups is 1. The SMILES string of the molecule is CC(=O)OC(C)/C=C/CCCO[Si](C)(C)C(C)(C)C. The van der Waals surface area contributed by atoms with Crippen molar-refractivity contribution in [2.24, 2.45) is 0 Å². The fourth-order valence-corrected chi connectivity index (χ4v) is 2.42. The molecule has 0 rings (SSSR count). The highest BCUT2D eigenvalue weighted by molar-refractivity contribution is 6.74. The molecule has 0 spiro atoms. The molecule has 0 aromatic rings.